The zero-order valence-corrected chi connectivity index (χ0v) is 16.0. The van der Waals surface area contributed by atoms with Crippen molar-refractivity contribution in [3.63, 3.8) is 0 Å². The number of morpholine rings is 1. The predicted octanol–water partition coefficient (Wildman–Crippen LogP) is 2.25. The van der Waals surface area contributed by atoms with Crippen LogP contribution < -0.4 is 9.46 Å². The van der Waals surface area contributed by atoms with Gasteiger partial charge in [0.1, 0.15) is 0 Å². The molecule has 1 aromatic carbocycles. The Morgan fingerprint density at radius 3 is 2.73 bits per heavy atom. The van der Waals surface area contributed by atoms with Crippen LogP contribution in [0.15, 0.2) is 39.9 Å². The van der Waals surface area contributed by atoms with E-state index in [1.165, 1.54) is 19.2 Å². The zero-order chi connectivity index (χ0) is 18.6. The number of benzene rings is 1. The van der Waals surface area contributed by atoms with Gasteiger partial charge in [0.2, 0.25) is 10.0 Å². The van der Waals surface area contributed by atoms with Crippen LogP contribution in [0.25, 0.3) is 0 Å². The van der Waals surface area contributed by atoms with Crippen molar-refractivity contribution >= 4 is 21.4 Å². The van der Waals surface area contributed by atoms with Gasteiger partial charge in [-0.3, -0.25) is 4.90 Å². The largest absolute Gasteiger partial charge is 0.494 e. The second-order valence-electron chi connectivity index (χ2n) is 5.87. The van der Waals surface area contributed by atoms with E-state index < -0.39 is 15.8 Å². The molecule has 3 rings (SSSR count). The van der Waals surface area contributed by atoms with Gasteiger partial charge in [-0.05, 0) is 40.6 Å². The third kappa shape index (κ3) is 4.41. The molecule has 0 amide bonds. The van der Waals surface area contributed by atoms with Crippen molar-refractivity contribution < 1.29 is 22.3 Å². The molecule has 1 aromatic heterocycles. The Hall–Kier alpha value is -1.52. The van der Waals surface area contributed by atoms with Gasteiger partial charge in [-0.15, -0.1) is 0 Å². The van der Waals surface area contributed by atoms with Crippen LogP contribution >= 0.6 is 11.3 Å². The Morgan fingerprint density at radius 2 is 2.12 bits per heavy atom. The Kier molecular flexibility index (Phi) is 6.25. The summed E-state index contributed by atoms with van der Waals surface area (Å²) in [6.07, 6.45) is 0. The van der Waals surface area contributed by atoms with Crippen LogP contribution in [-0.4, -0.2) is 53.3 Å². The van der Waals surface area contributed by atoms with Crippen LogP contribution in [0.3, 0.4) is 0 Å². The molecule has 0 bridgehead atoms. The average Bonchev–Trinajstić information content (AvgIpc) is 3.17. The minimum atomic E-state index is -3.83. The molecule has 1 saturated heterocycles. The fourth-order valence-corrected chi connectivity index (χ4v) is 4.65. The van der Waals surface area contributed by atoms with Crippen LogP contribution in [0.5, 0.6) is 5.75 Å². The van der Waals surface area contributed by atoms with E-state index in [4.69, 9.17) is 9.47 Å². The number of thiophene rings is 1. The Morgan fingerprint density at radius 1 is 1.35 bits per heavy atom. The number of rotatable bonds is 7. The van der Waals surface area contributed by atoms with E-state index in [0.717, 1.165) is 24.7 Å². The van der Waals surface area contributed by atoms with Gasteiger partial charge >= 0.3 is 0 Å². The van der Waals surface area contributed by atoms with Gasteiger partial charge in [0.05, 0.1) is 25.2 Å². The first-order chi connectivity index (χ1) is 12.5. The molecule has 0 spiro atoms. The lowest BCUT2D eigenvalue weighted by Gasteiger charge is -2.34. The summed E-state index contributed by atoms with van der Waals surface area (Å²) in [4.78, 5) is 2.07. The average molecular weight is 400 g/mol. The Bertz CT molecular complexity index is 821. The van der Waals surface area contributed by atoms with E-state index in [-0.39, 0.29) is 23.2 Å². The van der Waals surface area contributed by atoms with Crippen LogP contribution in [0.2, 0.25) is 0 Å². The number of sulfonamides is 1. The number of hydrogen-bond acceptors (Lipinski definition) is 6. The molecule has 1 aliphatic rings. The monoisotopic (exact) mass is 400 g/mol. The molecule has 0 saturated carbocycles. The SMILES string of the molecule is COc1ccc(S(=O)(=O)NC[C@H](c2ccsc2)N2CCOCC2)cc1F. The summed E-state index contributed by atoms with van der Waals surface area (Å²) in [7, 11) is -2.50. The van der Waals surface area contributed by atoms with Gasteiger partial charge in [-0.2, -0.15) is 11.3 Å². The van der Waals surface area contributed by atoms with Crippen molar-refractivity contribution in [2.24, 2.45) is 0 Å². The Labute approximate surface area is 156 Å². The number of hydrogen-bond donors (Lipinski definition) is 1. The fraction of sp³-hybridized carbons (Fsp3) is 0.412. The maximum Gasteiger partial charge on any atom is 0.240 e. The van der Waals surface area contributed by atoms with E-state index in [2.05, 4.69) is 9.62 Å². The summed E-state index contributed by atoms with van der Waals surface area (Å²) in [5, 5.41) is 3.98. The third-order valence-electron chi connectivity index (χ3n) is 4.31. The summed E-state index contributed by atoms with van der Waals surface area (Å²) >= 11 is 1.57. The summed E-state index contributed by atoms with van der Waals surface area (Å²) in [5.41, 5.74) is 1.06. The lowest BCUT2D eigenvalue weighted by Crippen LogP contribution is -2.43. The number of halogens is 1. The number of ether oxygens (including phenoxy) is 2. The Balaban J connectivity index is 1.76. The second kappa shape index (κ2) is 8.45. The van der Waals surface area contributed by atoms with E-state index >= 15 is 0 Å². The van der Waals surface area contributed by atoms with E-state index in [1.807, 2.05) is 16.8 Å². The molecule has 0 unspecified atom stereocenters. The summed E-state index contributed by atoms with van der Waals surface area (Å²) < 4.78 is 51.8. The lowest BCUT2D eigenvalue weighted by molar-refractivity contribution is 0.0173. The molecule has 6 nitrogen and oxygen atoms in total. The van der Waals surface area contributed by atoms with Crippen LogP contribution in [0, 0.1) is 5.82 Å². The molecule has 26 heavy (non-hydrogen) atoms. The third-order valence-corrected chi connectivity index (χ3v) is 6.44. The zero-order valence-electron chi connectivity index (χ0n) is 14.4. The fourth-order valence-electron chi connectivity index (χ4n) is 2.90. The highest BCUT2D eigenvalue weighted by molar-refractivity contribution is 7.89. The topological polar surface area (TPSA) is 67.9 Å². The highest BCUT2D eigenvalue weighted by Gasteiger charge is 2.25. The molecule has 1 fully saturated rings. The first kappa shape index (κ1) is 19.2. The van der Waals surface area contributed by atoms with Crippen LogP contribution in [0.1, 0.15) is 11.6 Å². The van der Waals surface area contributed by atoms with E-state index in [1.54, 1.807) is 11.3 Å². The van der Waals surface area contributed by atoms with Gasteiger partial charge in [-0.1, -0.05) is 0 Å². The lowest BCUT2D eigenvalue weighted by atomic mass is 10.1. The molecule has 0 aliphatic carbocycles. The number of methoxy groups -OCH3 is 1. The molecular formula is C17H21FN2O4S2. The molecule has 1 atom stereocenters. The standard InChI is InChI=1S/C17H21FN2O4S2/c1-23-17-3-2-14(10-15(17)18)26(21,22)19-11-16(13-4-9-25-12-13)20-5-7-24-8-6-20/h2-4,9-10,12,16,19H,5-8,11H2,1H3/t16-/m1/s1. The quantitative estimate of drug-likeness (QED) is 0.772. The van der Waals surface area contributed by atoms with E-state index in [9.17, 15) is 12.8 Å². The van der Waals surface area contributed by atoms with Crippen LogP contribution in [-0.2, 0) is 14.8 Å². The summed E-state index contributed by atoms with van der Waals surface area (Å²) in [5.74, 6) is -0.702. The van der Waals surface area contributed by atoms with Crippen molar-refractivity contribution in [3.05, 3.63) is 46.4 Å². The highest BCUT2D eigenvalue weighted by atomic mass is 32.2. The van der Waals surface area contributed by atoms with Gasteiger partial charge < -0.3 is 9.47 Å². The molecular weight excluding hydrogens is 379 g/mol. The normalized spacial score (nSPS) is 17.2. The summed E-state index contributed by atoms with van der Waals surface area (Å²) in [6, 6.07) is 5.51. The summed E-state index contributed by atoms with van der Waals surface area (Å²) in [6.45, 7) is 2.92. The number of nitrogens with zero attached hydrogens (tertiary/aromatic N) is 1. The predicted molar refractivity (Wildman–Crippen MR) is 97.6 cm³/mol. The molecule has 2 heterocycles. The minimum Gasteiger partial charge on any atom is -0.494 e. The van der Waals surface area contributed by atoms with Crippen molar-refractivity contribution in [2.45, 2.75) is 10.9 Å². The molecule has 1 N–H and O–H groups in total. The molecule has 0 radical (unpaired) electrons. The minimum absolute atomic E-state index is 0.00779. The van der Waals surface area contributed by atoms with Crippen molar-refractivity contribution in [3.8, 4) is 5.75 Å². The first-order valence-corrected chi connectivity index (χ1v) is 10.6. The smallest absolute Gasteiger partial charge is 0.240 e. The van der Waals surface area contributed by atoms with Crippen LogP contribution in [0.4, 0.5) is 4.39 Å². The maximum atomic E-state index is 13.9. The molecule has 9 heteroatoms. The highest BCUT2D eigenvalue weighted by Crippen LogP contribution is 2.25. The van der Waals surface area contributed by atoms with Crippen molar-refractivity contribution in [1.29, 1.82) is 0 Å². The van der Waals surface area contributed by atoms with Crippen molar-refractivity contribution in [2.75, 3.05) is 40.0 Å². The number of nitrogens with one attached hydrogen (secondary N) is 1. The second-order valence-corrected chi connectivity index (χ2v) is 8.42. The maximum absolute atomic E-state index is 13.9. The van der Waals surface area contributed by atoms with Gasteiger partial charge in [0, 0.05) is 25.7 Å². The van der Waals surface area contributed by atoms with Crippen molar-refractivity contribution in [1.82, 2.24) is 9.62 Å². The van der Waals surface area contributed by atoms with Gasteiger partial charge in [-0.25, -0.2) is 17.5 Å². The van der Waals surface area contributed by atoms with Gasteiger partial charge in [0.15, 0.2) is 11.6 Å². The van der Waals surface area contributed by atoms with Gasteiger partial charge in [0.25, 0.3) is 0 Å². The molecule has 2 aromatic rings. The van der Waals surface area contributed by atoms with E-state index in [0.29, 0.717) is 13.2 Å². The first-order valence-electron chi connectivity index (χ1n) is 8.18. The molecule has 1 aliphatic heterocycles. The molecule has 142 valence electrons.